The Morgan fingerprint density at radius 1 is 1.04 bits per heavy atom. The van der Waals surface area contributed by atoms with Crippen LogP contribution in [0.25, 0.3) is 10.8 Å². The molecule has 2 aromatic rings. The maximum absolute atomic E-state index is 11.6. The molecule has 0 atom stereocenters. The summed E-state index contributed by atoms with van der Waals surface area (Å²) in [6, 6.07) is 4.93. The second-order valence-electron chi connectivity index (χ2n) is 5.32. The molecule has 130 valence electrons. The summed E-state index contributed by atoms with van der Waals surface area (Å²) in [7, 11) is 0. The Kier molecular flexibility index (Phi) is 6.15. The van der Waals surface area contributed by atoms with Crippen molar-refractivity contribution in [1.29, 1.82) is 0 Å². The molecule has 0 aliphatic rings. The van der Waals surface area contributed by atoms with Crippen molar-refractivity contribution in [3.8, 4) is 23.0 Å². The number of aromatic hydroxyl groups is 1. The average molecular weight is 353 g/mol. The number of esters is 1. The highest BCUT2D eigenvalue weighted by atomic mass is 35.5. The number of fused-ring (bicyclic) bond motifs is 1. The number of phenolic OH excluding ortho intramolecular Hbond substituents is 1. The van der Waals surface area contributed by atoms with Crippen LogP contribution in [0, 0.1) is 0 Å². The van der Waals surface area contributed by atoms with E-state index in [0.29, 0.717) is 29.0 Å². The zero-order valence-electron chi connectivity index (χ0n) is 14.0. The maximum atomic E-state index is 11.6. The summed E-state index contributed by atoms with van der Waals surface area (Å²) in [5.41, 5.74) is 0. The second kappa shape index (κ2) is 8.11. The number of ether oxygens (including phenoxy) is 3. The van der Waals surface area contributed by atoms with Gasteiger partial charge in [0.2, 0.25) is 11.5 Å². The summed E-state index contributed by atoms with van der Waals surface area (Å²) < 4.78 is 16.8. The van der Waals surface area contributed by atoms with Crippen LogP contribution in [0.2, 0.25) is 5.02 Å². The van der Waals surface area contributed by atoms with Gasteiger partial charge in [-0.15, -0.1) is 0 Å². The number of hydrogen-bond acceptors (Lipinski definition) is 5. The van der Waals surface area contributed by atoms with Crippen molar-refractivity contribution in [3.63, 3.8) is 0 Å². The van der Waals surface area contributed by atoms with Crippen LogP contribution < -0.4 is 14.2 Å². The number of carbonyl (C=O) groups is 1. The SMILES string of the molecule is CCCOc1c(OCCC)c(OC(C)=O)c2cc(Cl)ccc2c1O. The molecule has 0 fully saturated rings. The summed E-state index contributed by atoms with van der Waals surface area (Å²) in [6.45, 7) is 6.00. The lowest BCUT2D eigenvalue weighted by Gasteiger charge is -2.19. The molecule has 5 nitrogen and oxygen atoms in total. The van der Waals surface area contributed by atoms with Gasteiger partial charge in [0.05, 0.1) is 13.2 Å². The Hall–Kier alpha value is -2.14. The first kappa shape index (κ1) is 18.2. The van der Waals surface area contributed by atoms with Crippen molar-refractivity contribution in [2.24, 2.45) is 0 Å². The number of benzene rings is 2. The van der Waals surface area contributed by atoms with Gasteiger partial charge in [0.1, 0.15) is 0 Å². The monoisotopic (exact) mass is 352 g/mol. The zero-order valence-corrected chi connectivity index (χ0v) is 14.8. The summed E-state index contributed by atoms with van der Waals surface area (Å²) in [4.78, 5) is 11.6. The molecule has 2 aromatic carbocycles. The highest BCUT2D eigenvalue weighted by Gasteiger charge is 2.24. The molecule has 1 N–H and O–H groups in total. The third-order valence-electron chi connectivity index (χ3n) is 3.26. The van der Waals surface area contributed by atoms with Crippen LogP contribution in [0.15, 0.2) is 18.2 Å². The van der Waals surface area contributed by atoms with Gasteiger partial charge in [-0.1, -0.05) is 25.4 Å². The Morgan fingerprint density at radius 2 is 1.67 bits per heavy atom. The van der Waals surface area contributed by atoms with Crippen LogP contribution in [-0.2, 0) is 4.79 Å². The smallest absolute Gasteiger partial charge is 0.308 e. The molecule has 0 saturated heterocycles. The fourth-order valence-electron chi connectivity index (χ4n) is 2.28. The molecule has 0 aromatic heterocycles. The number of rotatable bonds is 7. The van der Waals surface area contributed by atoms with Gasteiger partial charge in [0, 0.05) is 22.7 Å². The average Bonchev–Trinajstić information content (AvgIpc) is 2.54. The van der Waals surface area contributed by atoms with Crippen LogP contribution in [-0.4, -0.2) is 24.3 Å². The molecular weight excluding hydrogens is 332 g/mol. The highest BCUT2D eigenvalue weighted by molar-refractivity contribution is 6.31. The van der Waals surface area contributed by atoms with Gasteiger partial charge >= 0.3 is 5.97 Å². The lowest BCUT2D eigenvalue weighted by Crippen LogP contribution is -2.08. The molecule has 0 heterocycles. The van der Waals surface area contributed by atoms with E-state index in [2.05, 4.69) is 0 Å². The minimum absolute atomic E-state index is 0.0582. The van der Waals surface area contributed by atoms with E-state index in [1.807, 2.05) is 13.8 Å². The second-order valence-corrected chi connectivity index (χ2v) is 5.75. The van der Waals surface area contributed by atoms with Crippen molar-refractivity contribution in [2.45, 2.75) is 33.6 Å². The first-order chi connectivity index (χ1) is 11.5. The molecule has 0 amide bonds. The summed E-state index contributed by atoms with van der Waals surface area (Å²) in [6.07, 6.45) is 1.51. The van der Waals surface area contributed by atoms with Crippen LogP contribution in [0.4, 0.5) is 0 Å². The standard InChI is InChI=1S/C18H21ClO5/c1-4-8-22-17-15(21)13-7-6-12(19)10-14(13)16(24-11(3)20)18(17)23-9-5-2/h6-7,10,21H,4-5,8-9H2,1-3H3. The van der Waals surface area contributed by atoms with E-state index >= 15 is 0 Å². The Morgan fingerprint density at radius 3 is 2.25 bits per heavy atom. The van der Waals surface area contributed by atoms with Gasteiger partial charge in [-0.3, -0.25) is 4.79 Å². The third-order valence-corrected chi connectivity index (χ3v) is 3.49. The Bertz CT molecular complexity index is 742. The predicted octanol–water partition coefficient (Wildman–Crippen LogP) is 4.70. The topological polar surface area (TPSA) is 65.0 Å². The van der Waals surface area contributed by atoms with Gasteiger partial charge in [0.25, 0.3) is 0 Å². The quantitative estimate of drug-likeness (QED) is 0.578. The van der Waals surface area contributed by atoms with Gasteiger partial charge in [0.15, 0.2) is 11.5 Å². The minimum Gasteiger partial charge on any atom is -0.504 e. The van der Waals surface area contributed by atoms with E-state index in [1.165, 1.54) is 6.92 Å². The van der Waals surface area contributed by atoms with Crippen molar-refractivity contribution >= 4 is 28.3 Å². The van der Waals surface area contributed by atoms with Gasteiger partial charge in [-0.05, 0) is 31.0 Å². The van der Waals surface area contributed by atoms with Crippen molar-refractivity contribution < 1.29 is 24.1 Å². The summed E-state index contributed by atoms with van der Waals surface area (Å²) in [5.74, 6) is 0.0448. The highest BCUT2D eigenvalue weighted by Crippen LogP contribution is 2.51. The largest absolute Gasteiger partial charge is 0.504 e. The van der Waals surface area contributed by atoms with Gasteiger partial charge < -0.3 is 19.3 Å². The van der Waals surface area contributed by atoms with Crippen LogP contribution >= 0.6 is 11.6 Å². The molecule has 2 rings (SSSR count). The van der Waals surface area contributed by atoms with Crippen molar-refractivity contribution in [1.82, 2.24) is 0 Å². The molecule has 0 saturated carbocycles. The van der Waals surface area contributed by atoms with E-state index in [-0.39, 0.29) is 23.0 Å². The van der Waals surface area contributed by atoms with Crippen LogP contribution in [0.5, 0.6) is 23.0 Å². The maximum Gasteiger partial charge on any atom is 0.308 e. The van der Waals surface area contributed by atoms with E-state index in [1.54, 1.807) is 18.2 Å². The molecule has 0 radical (unpaired) electrons. The van der Waals surface area contributed by atoms with Crippen LogP contribution in [0.1, 0.15) is 33.6 Å². The van der Waals surface area contributed by atoms with E-state index in [4.69, 9.17) is 25.8 Å². The lowest BCUT2D eigenvalue weighted by molar-refractivity contribution is -0.131. The van der Waals surface area contributed by atoms with E-state index in [0.717, 1.165) is 12.8 Å². The molecule has 0 aliphatic heterocycles. The Balaban J connectivity index is 2.77. The molecule has 0 aliphatic carbocycles. The molecule has 6 heteroatoms. The molecule has 0 spiro atoms. The number of halogens is 1. The first-order valence-corrected chi connectivity index (χ1v) is 8.29. The number of phenols is 1. The Labute approximate surface area is 146 Å². The van der Waals surface area contributed by atoms with Crippen LogP contribution in [0.3, 0.4) is 0 Å². The zero-order chi connectivity index (χ0) is 17.7. The molecular formula is C18H21ClO5. The fourth-order valence-corrected chi connectivity index (χ4v) is 2.46. The van der Waals surface area contributed by atoms with Crippen molar-refractivity contribution in [2.75, 3.05) is 13.2 Å². The summed E-state index contributed by atoms with van der Waals surface area (Å²) in [5, 5.41) is 12.0. The van der Waals surface area contributed by atoms with Gasteiger partial charge in [-0.2, -0.15) is 0 Å². The summed E-state index contributed by atoms with van der Waals surface area (Å²) >= 11 is 6.07. The normalized spacial score (nSPS) is 10.7. The number of hydrogen-bond donors (Lipinski definition) is 1. The van der Waals surface area contributed by atoms with E-state index in [9.17, 15) is 9.90 Å². The first-order valence-electron chi connectivity index (χ1n) is 7.91. The molecule has 0 bridgehead atoms. The van der Waals surface area contributed by atoms with Crippen molar-refractivity contribution in [3.05, 3.63) is 23.2 Å². The fraction of sp³-hybridized carbons (Fsp3) is 0.389. The predicted molar refractivity (Wildman–Crippen MR) is 93.5 cm³/mol. The minimum atomic E-state index is -0.496. The van der Waals surface area contributed by atoms with E-state index < -0.39 is 5.97 Å². The molecule has 24 heavy (non-hydrogen) atoms. The molecule has 0 unspecified atom stereocenters. The lowest BCUT2D eigenvalue weighted by atomic mass is 10.1. The number of carbonyl (C=O) groups excluding carboxylic acids is 1. The third kappa shape index (κ3) is 3.85. The van der Waals surface area contributed by atoms with Gasteiger partial charge in [-0.25, -0.2) is 0 Å².